The molecule has 0 atom stereocenters. The molecule has 5 nitrogen and oxygen atoms in total. The summed E-state index contributed by atoms with van der Waals surface area (Å²) < 4.78 is 5.10. The monoisotopic (exact) mass is 278 g/mol. The fourth-order valence-electron chi connectivity index (χ4n) is 1.83. The minimum Gasteiger partial charge on any atom is -0.497 e. The summed E-state index contributed by atoms with van der Waals surface area (Å²) in [6.45, 7) is 5.50. The van der Waals surface area contributed by atoms with Crippen molar-refractivity contribution in [1.82, 2.24) is 10.2 Å². The maximum atomic E-state index is 12.2. The summed E-state index contributed by atoms with van der Waals surface area (Å²) in [4.78, 5) is 25.6. The molecule has 1 aromatic rings. The maximum Gasteiger partial charge on any atom is 0.234 e. The highest BCUT2D eigenvalue weighted by Gasteiger charge is 2.14. The van der Waals surface area contributed by atoms with Crippen LogP contribution in [0.1, 0.15) is 24.2 Å². The standard InChI is InChI=1S/C15H22N2O3/c1-4-16-15(19)11-17(5-2)10-14(18)12-7-6-8-13(9-12)20-3/h6-9H,4-5,10-11H2,1-3H3,(H,16,19). The summed E-state index contributed by atoms with van der Waals surface area (Å²) in [5, 5.41) is 2.73. The Morgan fingerprint density at radius 2 is 2.00 bits per heavy atom. The van der Waals surface area contributed by atoms with Gasteiger partial charge in [-0.15, -0.1) is 0 Å². The van der Waals surface area contributed by atoms with Crippen LogP contribution >= 0.6 is 0 Å². The first-order valence-electron chi connectivity index (χ1n) is 6.77. The van der Waals surface area contributed by atoms with Gasteiger partial charge in [0.25, 0.3) is 0 Å². The second kappa shape index (κ2) is 8.32. The van der Waals surface area contributed by atoms with E-state index < -0.39 is 0 Å². The quantitative estimate of drug-likeness (QED) is 0.729. The molecule has 0 fully saturated rings. The predicted octanol–water partition coefficient (Wildman–Crippen LogP) is 1.34. The van der Waals surface area contributed by atoms with Crippen LogP contribution < -0.4 is 10.1 Å². The number of carbonyl (C=O) groups is 2. The number of benzene rings is 1. The summed E-state index contributed by atoms with van der Waals surface area (Å²) in [6.07, 6.45) is 0. The van der Waals surface area contributed by atoms with E-state index >= 15 is 0 Å². The Hall–Kier alpha value is -1.88. The summed E-state index contributed by atoms with van der Waals surface area (Å²) in [5.74, 6) is 0.575. The zero-order valence-corrected chi connectivity index (χ0v) is 12.3. The molecule has 0 aliphatic heterocycles. The van der Waals surface area contributed by atoms with Crippen LogP contribution in [-0.4, -0.2) is 49.9 Å². The van der Waals surface area contributed by atoms with Gasteiger partial charge in [0.05, 0.1) is 20.2 Å². The molecule has 1 amide bonds. The number of nitrogens with one attached hydrogen (secondary N) is 1. The lowest BCUT2D eigenvalue weighted by Gasteiger charge is -2.18. The van der Waals surface area contributed by atoms with E-state index in [1.54, 1.807) is 31.4 Å². The van der Waals surface area contributed by atoms with Gasteiger partial charge in [-0.05, 0) is 25.6 Å². The minimum absolute atomic E-state index is 0.0185. The van der Waals surface area contributed by atoms with E-state index in [0.29, 0.717) is 24.4 Å². The first-order chi connectivity index (χ1) is 9.60. The molecule has 1 N–H and O–H groups in total. The summed E-state index contributed by atoms with van der Waals surface area (Å²) in [7, 11) is 1.57. The van der Waals surface area contributed by atoms with Crippen LogP contribution in [0.5, 0.6) is 5.75 Å². The molecule has 0 heterocycles. The number of ketones is 1. The Bertz CT molecular complexity index is 460. The van der Waals surface area contributed by atoms with Crippen molar-refractivity contribution in [1.29, 1.82) is 0 Å². The van der Waals surface area contributed by atoms with E-state index in [2.05, 4.69) is 5.32 Å². The third-order valence-corrected chi connectivity index (χ3v) is 2.95. The number of hydrogen-bond donors (Lipinski definition) is 1. The number of hydrogen-bond acceptors (Lipinski definition) is 4. The Kier molecular flexibility index (Phi) is 6.73. The topological polar surface area (TPSA) is 58.6 Å². The number of carbonyl (C=O) groups excluding carboxylic acids is 2. The van der Waals surface area contributed by atoms with Crippen molar-refractivity contribution in [2.24, 2.45) is 0 Å². The van der Waals surface area contributed by atoms with Crippen LogP contribution in [0.15, 0.2) is 24.3 Å². The first kappa shape index (κ1) is 16.2. The highest BCUT2D eigenvalue weighted by Crippen LogP contribution is 2.13. The molecular formula is C15H22N2O3. The number of likely N-dealkylation sites (N-methyl/N-ethyl adjacent to an activating group) is 2. The number of amides is 1. The fraction of sp³-hybridized carbons (Fsp3) is 0.467. The van der Waals surface area contributed by atoms with Crippen molar-refractivity contribution in [3.8, 4) is 5.75 Å². The maximum absolute atomic E-state index is 12.2. The molecule has 0 unspecified atom stereocenters. The van der Waals surface area contributed by atoms with Gasteiger partial charge in [0.2, 0.25) is 5.91 Å². The molecule has 0 aliphatic rings. The molecule has 1 aromatic carbocycles. The molecule has 110 valence electrons. The average molecular weight is 278 g/mol. The van der Waals surface area contributed by atoms with Gasteiger partial charge in [-0.2, -0.15) is 0 Å². The lowest BCUT2D eigenvalue weighted by Crippen LogP contribution is -2.39. The zero-order valence-electron chi connectivity index (χ0n) is 12.3. The van der Waals surface area contributed by atoms with E-state index in [1.807, 2.05) is 18.7 Å². The zero-order chi connectivity index (χ0) is 15.0. The third kappa shape index (κ3) is 5.01. The van der Waals surface area contributed by atoms with Crippen molar-refractivity contribution in [2.45, 2.75) is 13.8 Å². The van der Waals surface area contributed by atoms with Crippen LogP contribution in [0.4, 0.5) is 0 Å². The van der Waals surface area contributed by atoms with Crippen molar-refractivity contribution in [3.63, 3.8) is 0 Å². The second-order valence-corrected chi connectivity index (χ2v) is 4.41. The molecule has 5 heteroatoms. The van der Waals surface area contributed by atoms with Crippen molar-refractivity contribution in [2.75, 3.05) is 33.3 Å². The van der Waals surface area contributed by atoms with E-state index in [-0.39, 0.29) is 24.8 Å². The lowest BCUT2D eigenvalue weighted by molar-refractivity contribution is -0.121. The van der Waals surface area contributed by atoms with Crippen LogP contribution in [0, 0.1) is 0 Å². The van der Waals surface area contributed by atoms with Gasteiger partial charge in [0.15, 0.2) is 5.78 Å². The van der Waals surface area contributed by atoms with Crippen LogP contribution in [-0.2, 0) is 4.79 Å². The lowest BCUT2D eigenvalue weighted by atomic mass is 10.1. The first-order valence-corrected chi connectivity index (χ1v) is 6.77. The summed E-state index contributed by atoms with van der Waals surface area (Å²) in [5.41, 5.74) is 0.596. The van der Waals surface area contributed by atoms with Gasteiger partial charge in [-0.25, -0.2) is 0 Å². The van der Waals surface area contributed by atoms with Crippen molar-refractivity contribution >= 4 is 11.7 Å². The molecule has 0 bridgehead atoms. The molecule has 1 rings (SSSR count). The molecule has 0 saturated heterocycles. The van der Waals surface area contributed by atoms with Gasteiger partial charge >= 0.3 is 0 Å². The van der Waals surface area contributed by atoms with Crippen LogP contribution in [0.3, 0.4) is 0 Å². The molecule has 0 aliphatic carbocycles. The Labute approximate surface area is 119 Å². The Balaban J connectivity index is 2.64. The summed E-state index contributed by atoms with van der Waals surface area (Å²) in [6, 6.07) is 7.04. The predicted molar refractivity (Wildman–Crippen MR) is 78.1 cm³/mol. The van der Waals surface area contributed by atoms with Gasteiger partial charge in [-0.1, -0.05) is 19.1 Å². The van der Waals surface area contributed by atoms with Gasteiger partial charge in [0, 0.05) is 12.1 Å². The Morgan fingerprint density at radius 1 is 1.25 bits per heavy atom. The van der Waals surface area contributed by atoms with Gasteiger partial charge in [0.1, 0.15) is 5.75 Å². The smallest absolute Gasteiger partial charge is 0.234 e. The molecule has 0 aromatic heterocycles. The highest BCUT2D eigenvalue weighted by atomic mass is 16.5. The van der Waals surface area contributed by atoms with Gasteiger partial charge in [-0.3, -0.25) is 14.5 Å². The largest absolute Gasteiger partial charge is 0.497 e. The SMILES string of the molecule is CCNC(=O)CN(CC)CC(=O)c1cccc(OC)c1. The van der Waals surface area contributed by atoms with Crippen LogP contribution in [0.2, 0.25) is 0 Å². The normalized spacial score (nSPS) is 10.4. The number of nitrogens with zero attached hydrogens (tertiary/aromatic N) is 1. The Morgan fingerprint density at radius 3 is 2.60 bits per heavy atom. The minimum atomic E-state index is -0.0622. The molecule has 0 saturated carbocycles. The molecule has 0 radical (unpaired) electrons. The van der Waals surface area contributed by atoms with Gasteiger partial charge < -0.3 is 10.1 Å². The molecule has 20 heavy (non-hydrogen) atoms. The number of Topliss-reactive ketones (excluding diaryl/α,β-unsaturated/α-hetero) is 1. The molecular weight excluding hydrogens is 256 g/mol. The van der Waals surface area contributed by atoms with E-state index in [4.69, 9.17) is 4.74 Å². The number of rotatable bonds is 8. The van der Waals surface area contributed by atoms with E-state index in [9.17, 15) is 9.59 Å². The van der Waals surface area contributed by atoms with Crippen molar-refractivity contribution < 1.29 is 14.3 Å². The fourth-order valence-corrected chi connectivity index (χ4v) is 1.83. The molecule has 0 spiro atoms. The summed E-state index contributed by atoms with van der Waals surface area (Å²) >= 11 is 0. The second-order valence-electron chi connectivity index (χ2n) is 4.41. The average Bonchev–Trinajstić information content (AvgIpc) is 2.46. The number of ether oxygens (including phenoxy) is 1. The number of methoxy groups -OCH3 is 1. The van der Waals surface area contributed by atoms with E-state index in [0.717, 1.165) is 0 Å². The third-order valence-electron chi connectivity index (χ3n) is 2.95. The van der Waals surface area contributed by atoms with E-state index in [1.165, 1.54) is 0 Å². The van der Waals surface area contributed by atoms with Crippen LogP contribution in [0.25, 0.3) is 0 Å². The van der Waals surface area contributed by atoms with Crippen molar-refractivity contribution in [3.05, 3.63) is 29.8 Å². The highest BCUT2D eigenvalue weighted by molar-refractivity contribution is 5.98.